The zero-order chi connectivity index (χ0) is 18.8. The van der Waals surface area contributed by atoms with Gasteiger partial charge in [-0.3, -0.25) is 20.2 Å². The maximum Gasteiger partial charge on any atom is 0.363 e. The summed E-state index contributed by atoms with van der Waals surface area (Å²) in [5.74, 6) is 0. The van der Waals surface area contributed by atoms with Crippen molar-refractivity contribution in [2.75, 3.05) is 0 Å². The fourth-order valence-electron chi connectivity index (χ4n) is 2.16. The van der Waals surface area contributed by atoms with E-state index in [1.165, 1.54) is 0 Å². The SMILES string of the molecule is O=[N+]([O-])C(=C\NCc1ccccc1)/C(=C\NCc1ccccc1)[N+](=O)[O-]. The summed E-state index contributed by atoms with van der Waals surface area (Å²) in [6.45, 7) is 0.640. The van der Waals surface area contributed by atoms with E-state index in [0.717, 1.165) is 23.5 Å². The number of nitrogens with zero attached hydrogens (tertiary/aromatic N) is 2. The van der Waals surface area contributed by atoms with Crippen molar-refractivity contribution < 1.29 is 9.85 Å². The van der Waals surface area contributed by atoms with Crippen LogP contribution in [0.25, 0.3) is 0 Å². The van der Waals surface area contributed by atoms with Crippen molar-refractivity contribution in [3.63, 3.8) is 0 Å². The second-order valence-corrected chi connectivity index (χ2v) is 5.31. The van der Waals surface area contributed by atoms with Gasteiger partial charge in [-0.1, -0.05) is 60.7 Å². The summed E-state index contributed by atoms with van der Waals surface area (Å²) in [5, 5.41) is 28.0. The van der Waals surface area contributed by atoms with E-state index in [0.29, 0.717) is 13.1 Å². The molecule has 2 aromatic rings. The van der Waals surface area contributed by atoms with E-state index in [-0.39, 0.29) is 0 Å². The highest BCUT2D eigenvalue weighted by molar-refractivity contribution is 5.20. The van der Waals surface area contributed by atoms with Gasteiger partial charge in [-0.05, 0) is 11.1 Å². The van der Waals surface area contributed by atoms with E-state index in [1.54, 1.807) is 0 Å². The molecule has 0 saturated carbocycles. The Kier molecular flexibility index (Phi) is 6.87. The Bertz CT molecular complexity index is 735. The Morgan fingerprint density at radius 1 is 0.731 bits per heavy atom. The molecule has 0 unspecified atom stereocenters. The lowest BCUT2D eigenvalue weighted by Crippen LogP contribution is -2.17. The summed E-state index contributed by atoms with van der Waals surface area (Å²) in [7, 11) is 0. The lowest BCUT2D eigenvalue weighted by molar-refractivity contribution is -0.480. The van der Waals surface area contributed by atoms with Crippen molar-refractivity contribution in [1.82, 2.24) is 10.6 Å². The minimum Gasteiger partial charge on any atom is -0.381 e. The first-order chi connectivity index (χ1) is 12.6. The number of hydrogen-bond donors (Lipinski definition) is 2. The summed E-state index contributed by atoms with van der Waals surface area (Å²) >= 11 is 0. The molecule has 2 aromatic carbocycles. The molecule has 0 spiro atoms. The van der Waals surface area contributed by atoms with Crippen LogP contribution in [0.5, 0.6) is 0 Å². The molecule has 0 amide bonds. The van der Waals surface area contributed by atoms with Crippen LogP contribution >= 0.6 is 0 Å². The minimum absolute atomic E-state index is 0.320. The first kappa shape index (κ1) is 18.7. The zero-order valence-corrected chi connectivity index (χ0v) is 13.9. The van der Waals surface area contributed by atoms with Crippen LogP contribution in [0.3, 0.4) is 0 Å². The molecule has 8 nitrogen and oxygen atoms in total. The van der Waals surface area contributed by atoms with E-state index in [2.05, 4.69) is 10.6 Å². The molecule has 2 N–H and O–H groups in total. The number of rotatable bonds is 9. The molecule has 0 bridgehead atoms. The maximum absolute atomic E-state index is 11.2. The quantitative estimate of drug-likeness (QED) is 0.407. The molecule has 0 aliphatic heterocycles. The van der Waals surface area contributed by atoms with Gasteiger partial charge in [0.25, 0.3) is 0 Å². The monoisotopic (exact) mass is 354 g/mol. The fourth-order valence-corrected chi connectivity index (χ4v) is 2.16. The highest BCUT2D eigenvalue weighted by Crippen LogP contribution is 2.11. The highest BCUT2D eigenvalue weighted by atomic mass is 16.6. The van der Waals surface area contributed by atoms with Gasteiger partial charge in [-0.25, -0.2) is 0 Å². The number of benzene rings is 2. The minimum atomic E-state index is -0.781. The molecule has 0 heterocycles. The van der Waals surface area contributed by atoms with Crippen LogP contribution < -0.4 is 10.6 Å². The molecule has 0 aliphatic carbocycles. The molecule has 0 atom stereocenters. The molecule has 0 aromatic heterocycles. The third kappa shape index (κ3) is 5.75. The molecule has 8 heteroatoms. The second-order valence-electron chi connectivity index (χ2n) is 5.31. The molecule has 0 fully saturated rings. The molecule has 2 rings (SSSR count). The van der Waals surface area contributed by atoms with Gasteiger partial charge in [-0.2, -0.15) is 0 Å². The summed E-state index contributed by atoms with van der Waals surface area (Å²) in [4.78, 5) is 20.9. The maximum atomic E-state index is 11.2. The van der Waals surface area contributed by atoms with Crippen LogP contribution in [0.15, 0.2) is 84.5 Å². The predicted molar refractivity (Wildman–Crippen MR) is 96.7 cm³/mol. The van der Waals surface area contributed by atoms with E-state index in [1.807, 2.05) is 60.7 Å². The van der Waals surface area contributed by atoms with Gasteiger partial charge in [0.1, 0.15) is 0 Å². The third-order valence-electron chi connectivity index (χ3n) is 3.43. The van der Waals surface area contributed by atoms with Crippen LogP contribution in [0.4, 0.5) is 0 Å². The third-order valence-corrected chi connectivity index (χ3v) is 3.43. The van der Waals surface area contributed by atoms with Crippen molar-refractivity contribution in [2.45, 2.75) is 13.1 Å². The van der Waals surface area contributed by atoms with Crippen molar-refractivity contribution in [3.05, 3.63) is 116 Å². The van der Waals surface area contributed by atoms with Crippen molar-refractivity contribution in [1.29, 1.82) is 0 Å². The average molecular weight is 354 g/mol. The molecule has 134 valence electrons. The summed E-state index contributed by atoms with van der Waals surface area (Å²) in [6, 6.07) is 18.4. The van der Waals surface area contributed by atoms with Crippen LogP contribution in [0, 0.1) is 20.2 Å². The van der Waals surface area contributed by atoms with Gasteiger partial charge in [0.05, 0.1) is 22.2 Å². The van der Waals surface area contributed by atoms with Crippen LogP contribution in [-0.4, -0.2) is 9.85 Å². The fraction of sp³-hybridized carbons (Fsp3) is 0.111. The van der Waals surface area contributed by atoms with E-state index >= 15 is 0 Å². The second kappa shape index (κ2) is 9.58. The van der Waals surface area contributed by atoms with Crippen molar-refractivity contribution >= 4 is 0 Å². The normalized spacial score (nSPS) is 11.7. The summed E-state index contributed by atoms with van der Waals surface area (Å²) < 4.78 is 0. The van der Waals surface area contributed by atoms with Crippen LogP contribution in [-0.2, 0) is 13.1 Å². The summed E-state index contributed by atoms with van der Waals surface area (Å²) in [5.41, 5.74) is 0.568. The largest absolute Gasteiger partial charge is 0.381 e. The number of nitro groups is 2. The first-order valence-corrected chi connectivity index (χ1v) is 7.82. The predicted octanol–water partition coefficient (Wildman–Crippen LogP) is 2.80. The Hall–Kier alpha value is -3.68. The Morgan fingerprint density at radius 2 is 1.08 bits per heavy atom. The molecule has 0 aliphatic rings. The lowest BCUT2D eigenvalue weighted by atomic mass is 10.2. The average Bonchev–Trinajstić information content (AvgIpc) is 2.64. The molecular formula is C18H18N4O4. The van der Waals surface area contributed by atoms with Crippen molar-refractivity contribution in [3.8, 4) is 0 Å². The van der Waals surface area contributed by atoms with E-state index < -0.39 is 21.2 Å². The van der Waals surface area contributed by atoms with Gasteiger partial charge in [0.2, 0.25) is 0 Å². The topological polar surface area (TPSA) is 110 Å². The summed E-state index contributed by atoms with van der Waals surface area (Å²) in [6.07, 6.45) is 2.09. The first-order valence-electron chi connectivity index (χ1n) is 7.82. The molecule has 26 heavy (non-hydrogen) atoms. The van der Waals surface area contributed by atoms with Crippen LogP contribution in [0.2, 0.25) is 0 Å². The Morgan fingerprint density at radius 3 is 1.38 bits per heavy atom. The Balaban J connectivity index is 2.09. The Labute approximate surface area is 150 Å². The van der Waals surface area contributed by atoms with Gasteiger partial charge in [0.15, 0.2) is 0 Å². The van der Waals surface area contributed by atoms with E-state index in [9.17, 15) is 20.2 Å². The zero-order valence-electron chi connectivity index (χ0n) is 13.9. The molecule has 0 radical (unpaired) electrons. The number of nitrogens with one attached hydrogen (secondary N) is 2. The van der Waals surface area contributed by atoms with Gasteiger partial charge >= 0.3 is 11.4 Å². The lowest BCUT2D eigenvalue weighted by Gasteiger charge is -2.03. The standard InChI is InChI=1S/C18H18N4O4/c23-21(24)17(13-19-11-15-7-3-1-4-8-15)18(22(25)26)14-20-12-16-9-5-2-6-10-16/h1-10,13-14,19-20H,11-12H2/b17-13-,18-14+. The molecular weight excluding hydrogens is 336 g/mol. The van der Waals surface area contributed by atoms with Gasteiger partial charge in [0, 0.05) is 13.1 Å². The van der Waals surface area contributed by atoms with Crippen molar-refractivity contribution in [2.24, 2.45) is 0 Å². The highest BCUT2D eigenvalue weighted by Gasteiger charge is 2.28. The smallest absolute Gasteiger partial charge is 0.363 e. The van der Waals surface area contributed by atoms with Crippen LogP contribution in [0.1, 0.15) is 11.1 Å². The van der Waals surface area contributed by atoms with Gasteiger partial charge < -0.3 is 10.6 Å². The molecule has 0 saturated heterocycles. The number of hydrogen-bond acceptors (Lipinski definition) is 6. The van der Waals surface area contributed by atoms with E-state index in [4.69, 9.17) is 0 Å². The van der Waals surface area contributed by atoms with Gasteiger partial charge in [-0.15, -0.1) is 0 Å².